The molecular weight excluding hydrogens is 381 g/mol. The largest absolute Gasteiger partial charge is 0.493 e. The highest BCUT2D eigenvalue weighted by atomic mass is 32.2. The van der Waals surface area contributed by atoms with Crippen LogP contribution in [0.25, 0.3) is 0 Å². The van der Waals surface area contributed by atoms with Gasteiger partial charge in [0.2, 0.25) is 5.91 Å². The minimum atomic E-state index is -0.436. The van der Waals surface area contributed by atoms with Crippen molar-refractivity contribution in [2.24, 2.45) is 0 Å². The summed E-state index contributed by atoms with van der Waals surface area (Å²) in [6, 6.07) is 12.9. The van der Waals surface area contributed by atoms with Crippen LogP contribution in [0.3, 0.4) is 0 Å². The summed E-state index contributed by atoms with van der Waals surface area (Å²) >= 11 is 1.30. The van der Waals surface area contributed by atoms with Gasteiger partial charge >= 0.3 is 5.97 Å². The molecular formula is C21H24FNO4S. The Hall–Kier alpha value is -2.54. The number of benzene rings is 2. The Bertz CT molecular complexity index is 780. The van der Waals surface area contributed by atoms with E-state index in [-0.39, 0.29) is 30.1 Å². The number of thioether (sulfide) groups is 1. The van der Waals surface area contributed by atoms with Crippen molar-refractivity contribution in [1.29, 1.82) is 0 Å². The maximum Gasteiger partial charge on any atom is 0.339 e. The highest BCUT2D eigenvalue weighted by molar-refractivity contribution is 8.00. The molecule has 0 atom stereocenters. The van der Waals surface area contributed by atoms with E-state index in [0.29, 0.717) is 29.2 Å². The third-order valence-electron chi connectivity index (χ3n) is 3.52. The molecule has 0 fully saturated rings. The van der Waals surface area contributed by atoms with Gasteiger partial charge in [-0.1, -0.05) is 12.1 Å². The second-order valence-corrected chi connectivity index (χ2v) is 7.32. The van der Waals surface area contributed by atoms with Crippen molar-refractivity contribution in [1.82, 2.24) is 5.32 Å². The van der Waals surface area contributed by atoms with Crippen LogP contribution in [0.5, 0.6) is 5.75 Å². The Morgan fingerprint density at radius 1 is 1.07 bits per heavy atom. The summed E-state index contributed by atoms with van der Waals surface area (Å²) in [5.41, 5.74) is 0.435. The molecule has 0 aliphatic rings. The molecule has 0 spiro atoms. The summed E-state index contributed by atoms with van der Waals surface area (Å²) in [7, 11) is 0. The summed E-state index contributed by atoms with van der Waals surface area (Å²) in [6.45, 7) is 4.35. The highest BCUT2D eigenvalue weighted by Crippen LogP contribution is 2.23. The van der Waals surface area contributed by atoms with E-state index in [9.17, 15) is 14.0 Å². The quantitative estimate of drug-likeness (QED) is 0.367. The molecule has 0 unspecified atom stereocenters. The molecule has 2 aromatic rings. The summed E-state index contributed by atoms with van der Waals surface area (Å²) < 4.78 is 23.6. The van der Waals surface area contributed by atoms with Gasteiger partial charge in [-0.05, 0) is 50.2 Å². The number of carbonyl (C=O) groups is 2. The van der Waals surface area contributed by atoms with E-state index >= 15 is 0 Å². The molecule has 5 nitrogen and oxygen atoms in total. The van der Waals surface area contributed by atoms with Crippen LogP contribution < -0.4 is 10.1 Å². The normalized spacial score (nSPS) is 10.6. The third kappa shape index (κ3) is 7.60. The van der Waals surface area contributed by atoms with Gasteiger partial charge in [-0.2, -0.15) is 0 Å². The fourth-order valence-corrected chi connectivity index (χ4v) is 3.14. The van der Waals surface area contributed by atoms with Crippen LogP contribution in [0.2, 0.25) is 0 Å². The average molecular weight is 405 g/mol. The summed E-state index contributed by atoms with van der Waals surface area (Å²) in [6.07, 6.45) is 0.509. The number of halogens is 1. The van der Waals surface area contributed by atoms with Crippen molar-refractivity contribution in [2.45, 2.75) is 31.2 Å². The third-order valence-corrected chi connectivity index (χ3v) is 4.59. The molecule has 0 aliphatic carbocycles. The van der Waals surface area contributed by atoms with Crippen LogP contribution in [0.1, 0.15) is 30.6 Å². The van der Waals surface area contributed by atoms with Gasteiger partial charge in [0.15, 0.2) is 0 Å². The lowest BCUT2D eigenvalue weighted by Gasteiger charge is -2.11. The van der Waals surface area contributed by atoms with Gasteiger partial charge in [-0.15, -0.1) is 11.8 Å². The van der Waals surface area contributed by atoms with Crippen molar-refractivity contribution in [3.05, 3.63) is 59.9 Å². The molecule has 7 heteroatoms. The molecule has 1 amide bonds. The maximum absolute atomic E-state index is 12.8. The van der Waals surface area contributed by atoms with E-state index in [1.165, 1.54) is 23.9 Å². The van der Waals surface area contributed by atoms with E-state index in [1.54, 1.807) is 30.3 Å². The molecule has 150 valence electrons. The zero-order chi connectivity index (χ0) is 20.4. The van der Waals surface area contributed by atoms with Gasteiger partial charge in [-0.3, -0.25) is 4.79 Å². The summed E-state index contributed by atoms with van der Waals surface area (Å²) in [4.78, 5) is 24.8. The second kappa shape index (κ2) is 11.3. The number of carbonyl (C=O) groups excluding carboxylic acids is 2. The molecule has 28 heavy (non-hydrogen) atoms. The van der Waals surface area contributed by atoms with Crippen LogP contribution in [-0.2, 0) is 9.53 Å². The Kier molecular flexibility index (Phi) is 8.81. The predicted molar refractivity (Wildman–Crippen MR) is 107 cm³/mol. The molecule has 2 aromatic carbocycles. The zero-order valence-corrected chi connectivity index (χ0v) is 16.8. The van der Waals surface area contributed by atoms with Gasteiger partial charge in [0, 0.05) is 17.4 Å². The average Bonchev–Trinajstić information content (AvgIpc) is 2.67. The van der Waals surface area contributed by atoms with E-state index in [0.717, 1.165) is 0 Å². The number of amides is 1. The Balaban J connectivity index is 1.77. The van der Waals surface area contributed by atoms with E-state index in [1.807, 2.05) is 19.9 Å². The van der Waals surface area contributed by atoms with E-state index in [4.69, 9.17) is 9.47 Å². The van der Waals surface area contributed by atoms with Crippen LogP contribution in [0.4, 0.5) is 4.39 Å². The number of rotatable bonds is 10. The Morgan fingerprint density at radius 3 is 2.50 bits per heavy atom. The minimum absolute atomic E-state index is 0.0745. The first-order valence-electron chi connectivity index (χ1n) is 9.02. The fraction of sp³-hybridized carbons (Fsp3) is 0.333. The topological polar surface area (TPSA) is 64.6 Å². The minimum Gasteiger partial charge on any atom is -0.493 e. The van der Waals surface area contributed by atoms with Crippen molar-refractivity contribution in [3.8, 4) is 5.75 Å². The first-order chi connectivity index (χ1) is 13.5. The first-order valence-corrected chi connectivity index (χ1v) is 10.0. The molecule has 1 N–H and O–H groups in total. The van der Waals surface area contributed by atoms with Gasteiger partial charge < -0.3 is 14.8 Å². The van der Waals surface area contributed by atoms with Crippen LogP contribution >= 0.6 is 11.8 Å². The SMILES string of the molecule is CC(C)NC(=O)CSc1ccccc1C(=O)OCCCOc1ccc(F)cc1. The molecule has 2 rings (SSSR count). The maximum atomic E-state index is 12.8. The molecule has 0 saturated heterocycles. The van der Waals surface area contributed by atoms with Gasteiger partial charge in [0.05, 0.1) is 24.5 Å². The van der Waals surface area contributed by atoms with Gasteiger partial charge in [0.25, 0.3) is 0 Å². The molecule has 0 bridgehead atoms. The molecule has 0 heterocycles. The van der Waals surface area contributed by atoms with Gasteiger partial charge in [0.1, 0.15) is 11.6 Å². The number of esters is 1. The standard InChI is InChI=1S/C21H24FNO4S/c1-15(2)23-20(24)14-28-19-7-4-3-6-18(19)21(25)27-13-5-12-26-17-10-8-16(22)9-11-17/h3-4,6-11,15H,5,12-14H2,1-2H3,(H,23,24). The first kappa shape index (κ1) is 21.8. The predicted octanol–water partition coefficient (Wildman–Crippen LogP) is 4.07. The zero-order valence-electron chi connectivity index (χ0n) is 15.9. The van der Waals surface area contributed by atoms with Crippen LogP contribution in [0, 0.1) is 5.82 Å². The Labute approximate surface area is 168 Å². The fourth-order valence-electron chi connectivity index (χ4n) is 2.29. The molecule has 0 radical (unpaired) electrons. The highest BCUT2D eigenvalue weighted by Gasteiger charge is 2.14. The van der Waals surface area contributed by atoms with Crippen molar-refractivity contribution in [2.75, 3.05) is 19.0 Å². The number of hydrogen-bond acceptors (Lipinski definition) is 5. The lowest BCUT2D eigenvalue weighted by atomic mass is 10.2. The van der Waals surface area contributed by atoms with E-state index < -0.39 is 5.97 Å². The van der Waals surface area contributed by atoms with Crippen molar-refractivity contribution in [3.63, 3.8) is 0 Å². The van der Waals surface area contributed by atoms with E-state index in [2.05, 4.69) is 5.32 Å². The monoisotopic (exact) mass is 405 g/mol. The molecule has 0 aromatic heterocycles. The molecule has 0 saturated carbocycles. The van der Waals surface area contributed by atoms with Crippen molar-refractivity contribution < 1.29 is 23.5 Å². The smallest absolute Gasteiger partial charge is 0.339 e. The summed E-state index contributed by atoms with van der Waals surface area (Å²) in [5, 5.41) is 2.82. The molecule has 0 aliphatic heterocycles. The lowest BCUT2D eigenvalue weighted by Crippen LogP contribution is -2.31. The number of nitrogens with one attached hydrogen (secondary N) is 1. The number of hydrogen-bond donors (Lipinski definition) is 1. The Morgan fingerprint density at radius 2 is 1.79 bits per heavy atom. The van der Waals surface area contributed by atoms with Crippen LogP contribution in [0.15, 0.2) is 53.4 Å². The van der Waals surface area contributed by atoms with Gasteiger partial charge in [-0.25, -0.2) is 9.18 Å². The number of ether oxygens (including phenoxy) is 2. The summed E-state index contributed by atoms with van der Waals surface area (Å²) in [5.74, 6) is -0.0440. The second-order valence-electron chi connectivity index (χ2n) is 6.30. The lowest BCUT2D eigenvalue weighted by molar-refractivity contribution is -0.119. The van der Waals surface area contributed by atoms with Crippen LogP contribution in [-0.4, -0.2) is 36.9 Å². The van der Waals surface area contributed by atoms with Crippen molar-refractivity contribution >= 4 is 23.6 Å².